The van der Waals surface area contributed by atoms with Crippen LogP contribution in [0.1, 0.15) is 45.4 Å². The molecule has 0 aromatic rings. The zero-order valence-corrected chi connectivity index (χ0v) is 41.7. The van der Waals surface area contributed by atoms with Gasteiger partial charge in [0.05, 0.1) is 0 Å². The van der Waals surface area contributed by atoms with Gasteiger partial charge in [-0.2, -0.15) is 0 Å². The maximum atomic E-state index is 7.55. The van der Waals surface area contributed by atoms with Crippen molar-refractivity contribution in [3.63, 3.8) is 0 Å². The van der Waals surface area contributed by atoms with Crippen molar-refractivity contribution < 1.29 is 238 Å². The average Bonchev–Trinajstić information content (AvgIpc) is 2.74. The molecule has 6 radical (unpaired) electrons. The van der Waals surface area contributed by atoms with Crippen molar-refractivity contribution in [2.45, 2.75) is 57.0 Å². The van der Waals surface area contributed by atoms with Crippen LogP contribution in [0.2, 0.25) is 0 Å². The third-order valence-electron chi connectivity index (χ3n) is 3.99. The second-order valence-electron chi connectivity index (χ2n) is 4.63. The summed E-state index contributed by atoms with van der Waals surface area (Å²) < 4.78 is 0. The van der Waals surface area contributed by atoms with Crippen molar-refractivity contribution >= 4 is 0 Å². The van der Waals surface area contributed by atoms with Gasteiger partial charge in [0, 0.05) is 238 Å². The Morgan fingerprint density at radius 1 is 0.778 bits per heavy atom. The largest absolute Gasteiger partial charge is 0.677 e. The molecule has 1 saturated heterocycles. The molecule has 14 heteroatoms. The summed E-state index contributed by atoms with van der Waals surface area (Å²) in [6.45, 7) is 2.83. The van der Waals surface area contributed by atoms with Crippen molar-refractivity contribution in [1.82, 2.24) is 0 Å². The summed E-state index contributed by atoms with van der Waals surface area (Å²) in [5, 5.41) is 4.97. The molecule has 2 aliphatic rings. The fraction of sp³-hybridized carbons (Fsp3) is 0.846. The molecule has 1 aliphatic carbocycles. The smallest absolute Gasteiger partial charge is 0 e. The molecular formula is C13H26N2V6W6-4. The number of nitrogens with zero attached hydrogens (tertiary/aromatic N) is 1. The number of hydrogen-bond acceptors (Lipinski definition) is 0. The van der Waals surface area contributed by atoms with Gasteiger partial charge >= 0.3 is 0 Å². The van der Waals surface area contributed by atoms with Gasteiger partial charge in [-0.1, -0.05) is 51.4 Å². The molecule has 0 aromatic heterocycles. The van der Waals surface area contributed by atoms with Crippen molar-refractivity contribution in [1.29, 1.82) is 0 Å². The Balaban J connectivity index is -0.0000000127. The van der Waals surface area contributed by atoms with Crippen LogP contribution in [0.25, 0.3) is 11.1 Å². The fourth-order valence-electron chi connectivity index (χ4n) is 3.12. The number of nitrogens with one attached hydrogen (secondary N) is 1. The predicted octanol–water partition coefficient (Wildman–Crippen LogP) is 4.39. The minimum Gasteiger partial charge on any atom is -0.677 e. The Morgan fingerprint density at radius 2 is 1.19 bits per heavy atom. The van der Waals surface area contributed by atoms with Crippen LogP contribution in [0, 0.1) is 20.8 Å². The third-order valence-corrected chi connectivity index (χ3v) is 3.99. The normalized spacial score (nSPS) is 21.6. The van der Waals surface area contributed by atoms with Crippen molar-refractivity contribution in [2.24, 2.45) is 5.92 Å². The second-order valence-corrected chi connectivity index (χ2v) is 4.63. The first-order valence-electron chi connectivity index (χ1n) is 5.67. The molecule has 2 fully saturated rings. The van der Waals surface area contributed by atoms with Gasteiger partial charge in [0.1, 0.15) is 0 Å². The summed E-state index contributed by atoms with van der Waals surface area (Å²) in [6, 6.07) is 0.618. The molecule has 1 aliphatic heterocycles. The molecule has 1 saturated carbocycles. The van der Waals surface area contributed by atoms with E-state index in [2.05, 4.69) is 6.92 Å². The van der Waals surface area contributed by atoms with E-state index < -0.39 is 0 Å². The first-order chi connectivity index (χ1) is 6.30. The SMILES string of the molecule is CCC1CCC2(CCC[C@H]2C[NH-])[N-]1.[CH3-].[CH3-].[V].[V].[V].[V].[V].[V].[W].[W].[W].[W].[W].[W]. The van der Waals surface area contributed by atoms with E-state index in [0.717, 1.165) is 0 Å². The molecule has 0 bridgehead atoms. The summed E-state index contributed by atoms with van der Waals surface area (Å²) in [7, 11) is 0. The molecule has 1 N–H and O–H groups in total. The molecule has 27 heavy (non-hydrogen) atoms. The minimum atomic E-state index is 0. The van der Waals surface area contributed by atoms with E-state index in [1.54, 1.807) is 0 Å². The summed E-state index contributed by atoms with van der Waals surface area (Å²) in [5.74, 6) is 0.587. The van der Waals surface area contributed by atoms with Gasteiger partial charge < -0.3 is 25.9 Å². The van der Waals surface area contributed by atoms with E-state index in [-0.39, 0.29) is 258 Å². The predicted molar refractivity (Wildman–Crippen MR) is 68.8 cm³/mol. The summed E-state index contributed by atoms with van der Waals surface area (Å²) in [5.41, 5.74) is 7.82. The zero-order valence-electron chi connectivity index (χ0n) is 15.7. The maximum absolute atomic E-state index is 7.55. The molecule has 2 unspecified atom stereocenters. The maximum Gasteiger partial charge on any atom is 0 e. The van der Waals surface area contributed by atoms with Crippen LogP contribution in [0.3, 0.4) is 0 Å². The number of rotatable bonds is 2. The van der Waals surface area contributed by atoms with E-state index >= 15 is 0 Å². The van der Waals surface area contributed by atoms with Gasteiger partial charge in [-0.3, -0.25) is 0 Å². The molecule has 158 valence electrons. The quantitative estimate of drug-likeness (QED) is 0.369. The Morgan fingerprint density at radius 3 is 1.48 bits per heavy atom. The topological polar surface area (TPSA) is 37.9 Å². The van der Waals surface area contributed by atoms with Crippen LogP contribution < -0.4 is 0 Å². The van der Waals surface area contributed by atoms with Crippen LogP contribution in [0.15, 0.2) is 0 Å². The van der Waals surface area contributed by atoms with Crippen LogP contribution in [-0.4, -0.2) is 18.1 Å². The van der Waals surface area contributed by atoms with Gasteiger partial charge in [0.25, 0.3) is 0 Å². The summed E-state index contributed by atoms with van der Waals surface area (Å²) >= 11 is 0. The van der Waals surface area contributed by atoms with Crippen LogP contribution in [-0.2, 0) is 238 Å². The van der Waals surface area contributed by atoms with Gasteiger partial charge in [0.15, 0.2) is 0 Å². The van der Waals surface area contributed by atoms with Crippen molar-refractivity contribution in [2.75, 3.05) is 6.54 Å². The van der Waals surface area contributed by atoms with E-state index in [1.807, 2.05) is 0 Å². The summed E-state index contributed by atoms with van der Waals surface area (Å²) in [4.78, 5) is 0. The molecule has 0 aromatic carbocycles. The molecule has 3 atom stereocenters. The third kappa shape index (κ3) is 26.4. The van der Waals surface area contributed by atoms with E-state index in [1.165, 1.54) is 38.5 Å². The standard InChI is InChI=1S/C11H20N2.2CH3.6V.6W/c1-2-10-5-7-11(13-10)6-3-4-9(11)8-12;;;;;;;;;;;;;;/h9-10,12H,2-8H2,1H3;2*1H3;;;;;;;;;;;;/q-2;2*-1;;;;;;;;;;;;/t9-,10?,11?;;;;;;;;;;;;;;/m0............../s1. The molecule has 0 amide bonds. The van der Waals surface area contributed by atoms with E-state index in [9.17, 15) is 0 Å². The van der Waals surface area contributed by atoms with E-state index in [4.69, 9.17) is 11.1 Å². The zero-order chi connectivity index (χ0) is 9.31. The Bertz CT molecular complexity index is 220. The molecule has 1 heterocycles. The molecular weight excluding hydrogens is 1590 g/mol. The van der Waals surface area contributed by atoms with Crippen LogP contribution in [0.5, 0.6) is 0 Å². The fourth-order valence-corrected chi connectivity index (χ4v) is 3.12. The molecule has 2 rings (SSSR count). The minimum absolute atomic E-state index is 0. The van der Waals surface area contributed by atoms with Gasteiger partial charge in [0.2, 0.25) is 0 Å². The second kappa shape index (κ2) is 46.8. The van der Waals surface area contributed by atoms with Gasteiger partial charge in [-0.05, 0) is 0 Å². The van der Waals surface area contributed by atoms with Crippen LogP contribution in [0.4, 0.5) is 0 Å². The first-order valence-corrected chi connectivity index (χ1v) is 5.67. The van der Waals surface area contributed by atoms with Gasteiger partial charge in [-0.15, -0.1) is 18.1 Å². The molecule has 2 nitrogen and oxygen atoms in total. The van der Waals surface area contributed by atoms with Crippen molar-refractivity contribution in [3.8, 4) is 0 Å². The number of hydrogen-bond donors (Lipinski definition) is 0. The van der Waals surface area contributed by atoms with Crippen molar-refractivity contribution in [3.05, 3.63) is 25.9 Å². The molecule has 1 spiro atoms. The summed E-state index contributed by atoms with van der Waals surface area (Å²) in [6.07, 6.45) is 7.59. The Labute approximate surface area is 326 Å². The van der Waals surface area contributed by atoms with Crippen LogP contribution >= 0.6 is 0 Å². The van der Waals surface area contributed by atoms with E-state index in [0.29, 0.717) is 18.5 Å². The monoisotopic (exact) mass is 1620 g/mol. The Hall–Kier alpha value is 7.56. The Kier molecular flexibility index (Phi) is 145. The average molecular weight is 1620 g/mol. The van der Waals surface area contributed by atoms with Gasteiger partial charge in [-0.25, -0.2) is 0 Å². The first kappa shape index (κ1) is 83.7.